The number of amides is 1. The van der Waals surface area contributed by atoms with Crippen LogP contribution in [0, 0.1) is 5.82 Å². The summed E-state index contributed by atoms with van der Waals surface area (Å²) < 4.78 is 18.2. The zero-order valence-electron chi connectivity index (χ0n) is 10.1. The van der Waals surface area contributed by atoms with Crippen LogP contribution in [0.25, 0.3) is 0 Å². The van der Waals surface area contributed by atoms with Crippen LogP contribution in [0.1, 0.15) is 10.5 Å². The molecule has 3 N–H and O–H groups in total. The van der Waals surface area contributed by atoms with Crippen molar-refractivity contribution in [1.82, 2.24) is 10.2 Å². The van der Waals surface area contributed by atoms with Crippen molar-refractivity contribution in [3.8, 4) is 5.75 Å². The number of benzene rings is 1. The number of aromatic nitrogens is 2. The SMILES string of the molecule is COc1ccc(NC(=O)c2ccc(N)nn2)cc1F. The second kappa shape index (κ2) is 5.30. The van der Waals surface area contributed by atoms with Gasteiger partial charge in [0.05, 0.1) is 7.11 Å². The van der Waals surface area contributed by atoms with E-state index in [0.717, 1.165) is 6.07 Å². The Hall–Kier alpha value is -2.70. The van der Waals surface area contributed by atoms with Gasteiger partial charge in [-0.1, -0.05) is 0 Å². The summed E-state index contributed by atoms with van der Waals surface area (Å²) in [6.07, 6.45) is 0. The minimum atomic E-state index is -0.566. The highest BCUT2D eigenvalue weighted by atomic mass is 19.1. The highest BCUT2D eigenvalue weighted by Crippen LogP contribution is 2.20. The molecule has 1 aromatic heterocycles. The summed E-state index contributed by atoms with van der Waals surface area (Å²) in [4.78, 5) is 11.8. The monoisotopic (exact) mass is 262 g/mol. The van der Waals surface area contributed by atoms with E-state index < -0.39 is 11.7 Å². The lowest BCUT2D eigenvalue weighted by atomic mass is 10.2. The lowest BCUT2D eigenvalue weighted by Crippen LogP contribution is -2.14. The fourth-order valence-corrected chi connectivity index (χ4v) is 1.40. The zero-order chi connectivity index (χ0) is 13.8. The number of carbonyl (C=O) groups excluding carboxylic acids is 1. The van der Waals surface area contributed by atoms with Crippen molar-refractivity contribution in [1.29, 1.82) is 0 Å². The molecule has 7 heteroatoms. The van der Waals surface area contributed by atoms with E-state index in [9.17, 15) is 9.18 Å². The molecule has 0 aliphatic carbocycles. The predicted molar refractivity (Wildman–Crippen MR) is 67.3 cm³/mol. The number of halogens is 1. The Morgan fingerprint density at radius 1 is 1.32 bits per heavy atom. The van der Waals surface area contributed by atoms with Crippen LogP contribution >= 0.6 is 0 Å². The maximum atomic E-state index is 13.4. The van der Waals surface area contributed by atoms with Gasteiger partial charge in [0.2, 0.25) is 0 Å². The summed E-state index contributed by atoms with van der Waals surface area (Å²) in [5.41, 5.74) is 5.74. The smallest absolute Gasteiger partial charge is 0.276 e. The van der Waals surface area contributed by atoms with Gasteiger partial charge in [-0.3, -0.25) is 4.79 Å². The molecule has 19 heavy (non-hydrogen) atoms. The van der Waals surface area contributed by atoms with Gasteiger partial charge in [0.15, 0.2) is 17.3 Å². The third kappa shape index (κ3) is 2.95. The van der Waals surface area contributed by atoms with E-state index in [0.29, 0.717) is 5.69 Å². The second-order valence-electron chi connectivity index (χ2n) is 3.65. The summed E-state index contributed by atoms with van der Waals surface area (Å²) in [6, 6.07) is 6.97. The number of methoxy groups -OCH3 is 1. The lowest BCUT2D eigenvalue weighted by molar-refractivity contribution is 0.102. The van der Waals surface area contributed by atoms with Crippen LogP contribution in [0.4, 0.5) is 15.9 Å². The van der Waals surface area contributed by atoms with E-state index in [1.807, 2.05) is 0 Å². The zero-order valence-corrected chi connectivity index (χ0v) is 10.1. The van der Waals surface area contributed by atoms with E-state index in [1.165, 1.54) is 31.4 Å². The van der Waals surface area contributed by atoms with Gasteiger partial charge in [0.25, 0.3) is 5.91 Å². The van der Waals surface area contributed by atoms with E-state index in [-0.39, 0.29) is 17.3 Å². The molecule has 0 unspecified atom stereocenters. The van der Waals surface area contributed by atoms with Gasteiger partial charge >= 0.3 is 0 Å². The van der Waals surface area contributed by atoms with E-state index in [4.69, 9.17) is 10.5 Å². The van der Waals surface area contributed by atoms with Crippen molar-refractivity contribution in [2.24, 2.45) is 0 Å². The minimum Gasteiger partial charge on any atom is -0.494 e. The molecule has 0 saturated heterocycles. The highest BCUT2D eigenvalue weighted by Gasteiger charge is 2.10. The molecular formula is C12H11FN4O2. The molecule has 1 heterocycles. The Morgan fingerprint density at radius 3 is 2.68 bits per heavy atom. The molecule has 2 aromatic rings. The minimum absolute atomic E-state index is 0.0884. The predicted octanol–water partition coefficient (Wildman–Crippen LogP) is 1.46. The third-order valence-electron chi connectivity index (χ3n) is 2.33. The first-order valence-corrected chi connectivity index (χ1v) is 5.34. The number of nitrogens with two attached hydrogens (primary N) is 1. The summed E-state index contributed by atoms with van der Waals surface area (Å²) in [6.45, 7) is 0. The third-order valence-corrected chi connectivity index (χ3v) is 2.33. The lowest BCUT2D eigenvalue weighted by Gasteiger charge is -2.06. The quantitative estimate of drug-likeness (QED) is 0.873. The standard InChI is InChI=1S/C12H11FN4O2/c1-19-10-4-2-7(6-8(10)13)15-12(18)9-3-5-11(14)17-16-9/h2-6H,1H3,(H2,14,17)(H,15,18). The molecule has 6 nitrogen and oxygen atoms in total. The number of rotatable bonds is 3. The van der Waals surface area contributed by atoms with Crippen molar-refractivity contribution in [2.45, 2.75) is 0 Å². The number of nitrogens with one attached hydrogen (secondary N) is 1. The Kier molecular flexibility index (Phi) is 3.56. The largest absolute Gasteiger partial charge is 0.494 e. The fourth-order valence-electron chi connectivity index (χ4n) is 1.40. The molecule has 0 atom stereocenters. The van der Waals surface area contributed by atoms with E-state index >= 15 is 0 Å². The fraction of sp³-hybridized carbons (Fsp3) is 0.0833. The number of carbonyl (C=O) groups is 1. The maximum absolute atomic E-state index is 13.4. The molecule has 0 fully saturated rings. The number of anilines is 2. The Morgan fingerprint density at radius 2 is 2.11 bits per heavy atom. The average molecular weight is 262 g/mol. The molecule has 0 aliphatic heterocycles. The number of hydrogen-bond donors (Lipinski definition) is 2. The summed E-state index contributed by atoms with van der Waals surface area (Å²) in [5.74, 6) is -0.752. The molecule has 0 spiro atoms. The van der Waals surface area contributed by atoms with Crippen LogP contribution in [0.15, 0.2) is 30.3 Å². The summed E-state index contributed by atoms with van der Waals surface area (Å²) in [5, 5.41) is 9.68. The first-order chi connectivity index (χ1) is 9.10. The van der Waals surface area contributed by atoms with Crippen LogP contribution in [0.5, 0.6) is 5.75 Å². The van der Waals surface area contributed by atoms with Gasteiger partial charge in [0, 0.05) is 11.8 Å². The normalized spacial score (nSPS) is 10.0. The summed E-state index contributed by atoms with van der Waals surface area (Å²) >= 11 is 0. The number of hydrogen-bond acceptors (Lipinski definition) is 5. The maximum Gasteiger partial charge on any atom is 0.276 e. The van der Waals surface area contributed by atoms with Crippen LogP contribution < -0.4 is 15.8 Å². The van der Waals surface area contributed by atoms with Gasteiger partial charge < -0.3 is 15.8 Å². The Bertz CT molecular complexity index is 601. The van der Waals surface area contributed by atoms with Crippen molar-refractivity contribution >= 4 is 17.4 Å². The van der Waals surface area contributed by atoms with Crippen LogP contribution in [0.2, 0.25) is 0 Å². The van der Waals surface area contributed by atoms with Crippen LogP contribution in [0.3, 0.4) is 0 Å². The van der Waals surface area contributed by atoms with E-state index in [1.54, 1.807) is 0 Å². The molecule has 0 aliphatic rings. The topological polar surface area (TPSA) is 90.1 Å². The molecule has 0 saturated carbocycles. The molecule has 0 bridgehead atoms. The first-order valence-electron chi connectivity index (χ1n) is 5.34. The van der Waals surface area contributed by atoms with Gasteiger partial charge in [-0.25, -0.2) is 4.39 Å². The Labute approximate surface area is 108 Å². The van der Waals surface area contributed by atoms with Gasteiger partial charge in [0.1, 0.15) is 5.82 Å². The van der Waals surface area contributed by atoms with Gasteiger partial charge in [-0.05, 0) is 24.3 Å². The molecule has 1 aromatic carbocycles. The molecule has 0 radical (unpaired) electrons. The second-order valence-corrected chi connectivity index (χ2v) is 3.65. The number of ether oxygens (including phenoxy) is 1. The van der Waals surface area contributed by atoms with Crippen molar-refractivity contribution < 1.29 is 13.9 Å². The average Bonchev–Trinajstić information content (AvgIpc) is 2.39. The molecule has 2 rings (SSSR count). The van der Waals surface area contributed by atoms with Gasteiger partial charge in [-0.15, -0.1) is 10.2 Å². The van der Waals surface area contributed by atoms with Crippen molar-refractivity contribution in [3.63, 3.8) is 0 Å². The molecular weight excluding hydrogens is 251 g/mol. The van der Waals surface area contributed by atoms with Crippen molar-refractivity contribution in [2.75, 3.05) is 18.2 Å². The summed E-state index contributed by atoms with van der Waals surface area (Å²) in [7, 11) is 1.36. The Balaban J connectivity index is 2.14. The molecule has 1 amide bonds. The number of nitrogen functional groups attached to an aromatic ring is 1. The van der Waals surface area contributed by atoms with E-state index in [2.05, 4.69) is 15.5 Å². The van der Waals surface area contributed by atoms with Crippen molar-refractivity contribution in [3.05, 3.63) is 41.8 Å². The molecule has 98 valence electrons. The number of nitrogens with zero attached hydrogens (tertiary/aromatic N) is 2. The van der Waals surface area contributed by atoms with Crippen LogP contribution in [-0.4, -0.2) is 23.2 Å². The highest BCUT2D eigenvalue weighted by molar-refractivity contribution is 6.02. The van der Waals surface area contributed by atoms with Crippen LogP contribution in [-0.2, 0) is 0 Å². The van der Waals surface area contributed by atoms with Gasteiger partial charge in [-0.2, -0.15) is 0 Å². The first kappa shape index (κ1) is 12.7.